The molecule has 2 aromatic carbocycles. The van der Waals surface area contributed by atoms with Gasteiger partial charge in [-0.1, -0.05) is 92.0 Å². The predicted molar refractivity (Wildman–Crippen MR) is 205 cm³/mol. The molecule has 266 valence electrons. The summed E-state index contributed by atoms with van der Waals surface area (Å²) in [5.74, 6) is 0.333. The van der Waals surface area contributed by atoms with E-state index in [1.165, 1.54) is 33.6 Å². The van der Waals surface area contributed by atoms with Gasteiger partial charge in [0.25, 0.3) is 5.01 Å². The highest BCUT2D eigenvalue weighted by molar-refractivity contribution is 8.03. The average molecular weight is 744 g/mol. The van der Waals surface area contributed by atoms with Crippen LogP contribution in [0.3, 0.4) is 0 Å². The van der Waals surface area contributed by atoms with Gasteiger partial charge < -0.3 is 4.90 Å². The average Bonchev–Trinajstić information content (AvgIpc) is 3.63. The van der Waals surface area contributed by atoms with Crippen molar-refractivity contribution in [2.75, 3.05) is 23.0 Å². The highest BCUT2D eigenvalue weighted by Gasteiger charge is 2.26. The highest BCUT2D eigenvalue weighted by atomic mass is 32.2. The van der Waals surface area contributed by atoms with Crippen LogP contribution < -0.4 is 18.9 Å². The van der Waals surface area contributed by atoms with Crippen molar-refractivity contribution in [1.82, 2.24) is 9.44 Å². The van der Waals surface area contributed by atoms with E-state index < -0.39 is 20.0 Å². The van der Waals surface area contributed by atoms with Gasteiger partial charge >= 0.3 is 0 Å². The van der Waals surface area contributed by atoms with E-state index >= 15 is 0 Å². The Balaban J connectivity index is 1.08. The Morgan fingerprint density at radius 2 is 1.37 bits per heavy atom. The quantitative estimate of drug-likeness (QED) is 0.115. The van der Waals surface area contributed by atoms with Gasteiger partial charge in [-0.25, -0.2) is 26.3 Å². The van der Waals surface area contributed by atoms with Crippen molar-refractivity contribution >= 4 is 65.1 Å². The summed E-state index contributed by atoms with van der Waals surface area (Å²) >= 11 is 3.49. The molecule has 6 rings (SSSR count). The Hall–Kier alpha value is -2.22. The number of para-hydroxylation sites is 2. The molecule has 1 aromatic heterocycles. The van der Waals surface area contributed by atoms with Crippen molar-refractivity contribution in [3.8, 4) is 0 Å². The number of fused-ring (bicyclic) bond motifs is 2. The van der Waals surface area contributed by atoms with E-state index in [2.05, 4.69) is 85.7 Å². The summed E-state index contributed by atoms with van der Waals surface area (Å²) in [4.78, 5) is 3.52. The molecule has 8 nitrogen and oxygen atoms in total. The fourth-order valence-electron chi connectivity index (χ4n) is 7.22. The molecule has 2 N–H and O–H groups in total. The lowest BCUT2D eigenvalue weighted by Crippen LogP contribution is -2.38. The van der Waals surface area contributed by atoms with Gasteiger partial charge in [0.15, 0.2) is 6.54 Å². The van der Waals surface area contributed by atoms with Gasteiger partial charge in [-0.15, -0.1) is 0 Å². The number of allylic oxidation sites excluding steroid dienone is 2. The van der Waals surface area contributed by atoms with Crippen molar-refractivity contribution in [1.29, 1.82) is 0 Å². The van der Waals surface area contributed by atoms with Crippen LogP contribution in [-0.4, -0.2) is 47.0 Å². The summed E-state index contributed by atoms with van der Waals surface area (Å²) < 4.78 is 60.4. The Bertz CT molecular complexity index is 1830. The molecule has 2 heterocycles. The molecule has 0 amide bonds. The molecule has 2 saturated carbocycles. The number of aromatic nitrogens is 1. The highest BCUT2D eigenvalue weighted by Crippen LogP contribution is 2.46. The third-order valence-electron chi connectivity index (χ3n) is 9.74. The van der Waals surface area contributed by atoms with Gasteiger partial charge in [0, 0.05) is 42.1 Å². The van der Waals surface area contributed by atoms with Gasteiger partial charge in [-0.2, -0.15) is 4.57 Å². The number of hydrogen-bond donors (Lipinski definition) is 2. The number of aryl methyl sites for hydroxylation is 1. The lowest BCUT2D eigenvalue weighted by Gasteiger charge is -2.23. The molecular formula is C37H51N4O4S4+. The van der Waals surface area contributed by atoms with Crippen LogP contribution in [-0.2, 0) is 26.6 Å². The number of hydrogen-bond acceptors (Lipinski definition) is 7. The first kappa shape index (κ1) is 36.6. The smallest absolute Gasteiger partial charge is 0.262 e. The van der Waals surface area contributed by atoms with Crippen LogP contribution in [0.25, 0.3) is 16.3 Å². The van der Waals surface area contributed by atoms with Gasteiger partial charge in [0.05, 0.1) is 22.2 Å². The number of unbranched alkanes of at least 4 members (excludes halogenated alkanes) is 2. The summed E-state index contributed by atoms with van der Waals surface area (Å²) in [6.45, 7) is 1.51. The van der Waals surface area contributed by atoms with Crippen molar-refractivity contribution in [2.45, 2.75) is 113 Å². The summed E-state index contributed by atoms with van der Waals surface area (Å²) in [7, 11) is -6.53. The maximum atomic E-state index is 12.7. The van der Waals surface area contributed by atoms with Gasteiger partial charge in [-0.3, -0.25) is 0 Å². The van der Waals surface area contributed by atoms with E-state index in [1.807, 2.05) is 0 Å². The Labute approximate surface area is 301 Å². The van der Waals surface area contributed by atoms with Gasteiger partial charge in [0.1, 0.15) is 4.70 Å². The van der Waals surface area contributed by atoms with Crippen LogP contribution in [0.2, 0.25) is 0 Å². The lowest BCUT2D eigenvalue weighted by atomic mass is 9.96. The number of thioether (sulfide) groups is 1. The maximum Gasteiger partial charge on any atom is 0.262 e. The maximum absolute atomic E-state index is 12.7. The van der Waals surface area contributed by atoms with Crippen LogP contribution in [0.15, 0.2) is 70.6 Å². The fourth-order valence-corrected chi connectivity index (χ4v) is 12.3. The molecule has 0 atom stereocenters. The second-order valence-corrected chi connectivity index (χ2v) is 19.5. The zero-order valence-corrected chi connectivity index (χ0v) is 31.7. The Morgan fingerprint density at radius 3 is 2.06 bits per heavy atom. The molecule has 0 radical (unpaired) electrons. The molecule has 1 aliphatic heterocycles. The Morgan fingerprint density at radius 1 is 0.755 bits per heavy atom. The Kier molecular flexibility index (Phi) is 12.9. The number of anilines is 1. The molecule has 3 aliphatic rings. The minimum atomic E-state index is -3.27. The fraction of sp³-hybridized carbons (Fsp3) is 0.541. The van der Waals surface area contributed by atoms with E-state index in [0.717, 1.165) is 87.3 Å². The number of sulfonamides is 2. The van der Waals surface area contributed by atoms with Crippen molar-refractivity contribution in [3.63, 3.8) is 0 Å². The van der Waals surface area contributed by atoms with E-state index in [9.17, 15) is 16.8 Å². The van der Waals surface area contributed by atoms with Crippen LogP contribution >= 0.6 is 23.1 Å². The first-order chi connectivity index (χ1) is 23.8. The van der Waals surface area contributed by atoms with Crippen LogP contribution in [0, 0.1) is 0 Å². The number of rotatable bonds is 16. The molecule has 49 heavy (non-hydrogen) atoms. The summed E-state index contributed by atoms with van der Waals surface area (Å²) in [5, 5.41) is 2.26. The summed E-state index contributed by atoms with van der Waals surface area (Å²) in [5.41, 5.74) is 2.33. The molecule has 0 saturated heterocycles. The number of nitrogens with one attached hydrogen (secondary N) is 2. The third-order valence-corrected chi connectivity index (χ3v) is 15.0. The molecule has 2 fully saturated rings. The van der Waals surface area contributed by atoms with Crippen molar-refractivity contribution in [3.05, 3.63) is 70.7 Å². The first-order valence-corrected chi connectivity index (χ1v) is 23.0. The van der Waals surface area contributed by atoms with E-state index in [4.69, 9.17) is 0 Å². The second-order valence-electron chi connectivity index (χ2n) is 13.6. The van der Waals surface area contributed by atoms with E-state index in [0.29, 0.717) is 12.8 Å². The SMILES string of the molecule is O=S(=O)(CCCCN1C(=CC=Cc2sc3ccccc3[n+]2CCCCS(=O)(=O)NC2CCCCC2)Sc2ccccc21)NC1CCCCC1. The van der Waals surface area contributed by atoms with E-state index in [1.54, 1.807) is 23.1 Å². The van der Waals surface area contributed by atoms with Crippen molar-refractivity contribution in [2.24, 2.45) is 0 Å². The van der Waals surface area contributed by atoms with Crippen LogP contribution in [0.5, 0.6) is 0 Å². The van der Waals surface area contributed by atoms with E-state index in [-0.39, 0.29) is 23.6 Å². The van der Waals surface area contributed by atoms with Gasteiger partial charge in [-0.05, 0) is 69.2 Å². The first-order valence-electron chi connectivity index (χ1n) is 18.1. The molecule has 0 spiro atoms. The van der Waals surface area contributed by atoms with Crippen LogP contribution in [0.4, 0.5) is 5.69 Å². The number of thiazole rings is 1. The molecular weight excluding hydrogens is 693 g/mol. The third kappa shape index (κ3) is 10.4. The summed E-state index contributed by atoms with van der Waals surface area (Å²) in [6, 6.07) is 17.0. The standard InChI is InChI=1S/C37H51N4O4S4/c42-48(43,38-30-16-3-1-4-17-30)28-13-11-26-40-32-20-7-9-22-34(32)46-36(40)24-15-25-37-41(33-21-8-10-23-35(33)47-37)27-12-14-29-49(44,45)39-31-18-5-2-6-19-31/h7-10,15,20-25,30-31,38-39H,1-6,11-14,16-19,26-29H2/q+1. The summed E-state index contributed by atoms with van der Waals surface area (Å²) in [6.07, 6.45) is 19.9. The molecule has 3 aromatic rings. The largest absolute Gasteiger partial charge is 0.335 e. The predicted octanol–water partition coefficient (Wildman–Crippen LogP) is 7.72. The lowest BCUT2D eigenvalue weighted by molar-refractivity contribution is -0.669. The minimum absolute atomic E-state index is 0.103. The molecule has 0 unspecified atom stereocenters. The van der Waals surface area contributed by atoms with Gasteiger partial charge in [0.2, 0.25) is 25.6 Å². The number of nitrogens with zero attached hydrogens (tertiary/aromatic N) is 2. The molecule has 2 aliphatic carbocycles. The van der Waals surface area contributed by atoms with Crippen LogP contribution in [0.1, 0.15) is 94.9 Å². The zero-order valence-electron chi connectivity index (χ0n) is 28.4. The molecule has 0 bridgehead atoms. The minimum Gasteiger partial charge on any atom is -0.335 e. The van der Waals surface area contributed by atoms with Crippen molar-refractivity contribution < 1.29 is 21.4 Å². The molecule has 12 heteroatoms. The topological polar surface area (TPSA) is 99.5 Å². The second kappa shape index (κ2) is 17.3. The zero-order chi connectivity index (χ0) is 34.1. The normalized spacial score (nSPS) is 19.0. The number of benzene rings is 2. The monoisotopic (exact) mass is 743 g/mol.